The maximum absolute atomic E-state index is 11.8. The van der Waals surface area contributed by atoms with Crippen molar-refractivity contribution in [2.24, 2.45) is 0 Å². The molecule has 0 spiro atoms. The molecule has 1 aromatic rings. The molecular formula is C16H20N2O2. The van der Waals surface area contributed by atoms with Crippen molar-refractivity contribution >= 4 is 17.9 Å². The number of carbonyl (C=O) groups excluding carboxylic acids is 2. The van der Waals surface area contributed by atoms with Crippen LogP contribution in [0.5, 0.6) is 0 Å². The van der Waals surface area contributed by atoms with Gasteiger partial charge in [-0.1, -0.05) is 24.3 Å². The van der Waals surface area contributed by atoms with Crippen molar-refractivity contribution in [1.82, 2.24) is 10.2 Å². The Morgan fingerprint density at radius 2 is 1.85 bits per heavy atom. The number of amides is 2. The van der Waals surface area contributed by atoms with Gasteiger partial charge in [-0.25, -0.2) is 0 Å². The number of carbonyl (C=O) groups is 2. The summed E-state index contributed by atoms with van der Waals surface area (Å²) in [5, 5.41) is 2.77. The van der Waals surface area contributed by atoms with Crippen molar-refractivity contribution in [2.75, 3.05) is 20.6 Å². The van der Waals surface area contributed by atoms with E-state index >= 15 is 0 Å². The molecule has 0 heterocycles. The average Bonchev–Trinajstić information content (AvgIpc) is 2.42. The molecule has 0 bridgehead atoms. The van der Waals surface area contributed by atoms with Crippen LogP contribution in [0.4, 0.5) is 0 Å². The Hall–Kier alpha value is -2.36. The Bertz CT molecular complexity index is 528. The first-order chi connectivity index (χ1) is 9.40. The van der Waals surface area contributed by atoms with Crippen LogP contribution >= 0.6 is 0 Å². The highest BCUT2D eigenvalue weighted by atomic mass is 16.2. The van der Waals surface area contributed by atoms with E-state index in [1.807, 2.05) is 6.92 Å². The molecule has 1 N–H and O–H groups in total. The van der Waals surface area contributed by atoms with Crippen molar-refractivity contribution in [2.45, 2.75) is 6.92 Å². The molecule has 0 atom stereocenters. The van der Waals surface area contributed by atoms with Crippen LogP contribution in [0.2, 0.25) is 0 Å². The number of nitrogens with zero attached hydrogens (tertiary/aromatic N) is 1. The second kappa shape index (κ2) is 7.28. The summed E-state index contributed by atoms with van der Waals surface area (Å²) in [6.45, 7) is 6.06. The lowest BCUT2D eigenvalue weighted by molar-refractivity contribution is -0.123. The molecule has 1 aromatic carbocycles. The Morgan fingerprint density at radius 3 is 2.35 bits per heavy atom. The van der Waals surface area contributed by atoms with Gasteiger partial charge in [0.05, 0.1) is 0 Å². The zero-order valence-electron chi connectivity index (χ0n) is 12.1. The number of hydrogen-bond acceptors (Lipinski definition) is 2. The molecule has 0 aromatic heterocycles. The molecule has 0 saturated heterocycles. The minimum Gasteiger partial charge on any atom is -0.348 e. The van der Waals surface area contributed by atoms with E-state index in [9.17, 15) is 9.59 Å². The lowest BCUT2D eigenvalue weighted by Crippen LogP contribution is -2.24. The van der Waals surface area contributed by atoms with E-state index in [1.165, 1.54) is 11.0 Å². The summed E-state index contributed by atoms with van der Waals surface area (Å²) >= 11 is 0. The average molecular weight is 272 g/mol. The predicted octanol–water partition coefficient (Wildman–Crippen LogP) is 2.09. The summed E-state index contributed by atoms with van der Waals surface area (Å²) in [6.07, 6.45) is 3.22. The standard InChI is InChI=1S/C16H20N2O2/c1-12(2)11-17-16(20)14-8-5-13(6-9-14)7-10-15(19)18(3)4/h5-10H,1,11H2,2-4H3,(H,17,20)/b10-7+. The maximum Gasteiger partial charge on any atom is 0.251 e. The fourth-order valence-corrected chi connectivity index (χ4v) is 1.40. The van der Waals surface area contributed by atoms with E-state index in [1.54, 1.807) is 44.4 Å². The molecule has 0 radical (unpaired) electrons. The zero-order valence-corrected chi connectivity index (χ0v) is 12.1. The molecule has 1 rings (SSSR count). The molecule has 0 aliphatic heterocycles. The van der Waals surface area contributed by atoms with E-state index in [4.69, 9.17) is 0 Å². The third kappa shape index (κ3) is 5.10. The lowest BCUT2D eigenvalue weighted by Gasteiger charge is -2.06. The van der Waals surface area contributed by atoms with Crippen molar-refractivity contribution in [1.29, 1.82) is 0 Å². The zero-order chi connectivity index (χ0) is 15.1. The van der Waals surface area contributed by atoms with Gasteiger partial charge in [0.15, 0.2) is 0 Å². The van der Waals surface area contributed by atoms with Gasteiger partial charge in [0.25, 0.3) is 5.91 Å². The van der Waals surface area contributed by atoms with Crippen LogP contribution in [0.25, 0.3) is 6.08 Å². The van der Waals surface area contributed by atoms with E-state index in [0.29, 0.717) is 12.1 Å². The van der Waals surface area contributed by atoms with Gasteiger partial charge in [-0.2, -0.15) is 0 Å². The van der Waals surface area contributed by atoms with Crippen LogP contribution in [-0.4, -0.2) is 37.4 Å². The van der Waals surface area contributed by atoms with E-state index < -0.39 is 0 Å². The second-order valence-corrected chi connectivity index (χ2v) is 4.83. The SMILES string of the molecule is C=C(C)CNC(=O)c1ccc(/C=C/C(=O)N(C)C)cc1. The molecule has 106 valence electrons. The topological polar surface area (TPSA) is 49.4 Å². The first-order valence-corrected chi connectivity index (χ1v) is 6.32. The molecule has 0 unspecified atom stereocenters. The number of nitrogens with one attached hydrogen (secondary N) is 1. The van der Waals surface area contributed by atoms with Gasteiger partial charge < -0.3 is 10.2 Å². The fraction of sp³-hybridized carbons (Fsp3) is 0.250. The Balaban J connectivity index is 2.67. The monoisotopic (exact) mass is 272 g/mol. The van der Waals surface area contributed by atoms with Gasteiger partial charge in [0.2, 0.25) is 5.91 Å². The van der Waals surface area contributed by atoms with Crippen LogP contribution in [0.1, 0.15) is 22.8 Å². The van der Waals surface area contributed by atoms with Crippen LogP contribution in [0, 0.1) is 0 Å². The molecule has 4 nitrogen and oxygen atoms in total. The van der Waals surface area contributed by atoms with Gasteiger partial charge in [-0.15, -0.1) is 0 Å². The highest BCUT2D eigenvalue weighted by Crippen LogP contribution is 2.06. The predicted molar refractivity (Wildman–Crippen MR) is 81.3 cm³/mol. The van der Waals surface area contributed by atoms with Crippen molar-refractivity contribution in [3.8, 4) is 0 Å². The summed E-state index contributed by atoms with van der Waals surface area (Å²) in [5.41, 5.74) is 2.36. The minimum atomic E-state index is -0.132. The Kier molecular flexibility index (Phi) is 5.72. The van der Waals surface area contributed by atoms with Crippen LogP contribution < -0.4 is 5.32 Å². The molecular weight excluding hydrogens is 252 g/mol. The number of rotatable bonds is 5. The molecule has 0 saturated carbocycles. The second-order valence-electron chi connectivity index (χ2n) is 4.83. The smallest absolute Gasteiger partial charge is 0.251 e. The molecule has 0 fully saturated rings. The summed E-state index contributed by atoms with van der Waals surface area (Å²) in [7, 11) is 3.39. The number of likely N-dealkylation sites (N-methyl/N-ethyl adjacent to an activating group) is 1. The van der Waals surface area contributed by atoms with Gasteiger partial charge in [-0.3, -0.25) is 9.59 Å². The van der Waals surface area contributed by atoms with Crippen molar-refractivity contribution in [3.05, 3.63) is 53.6 Å². The summed E-state index contributed by atoms with van der Waals surface area (Å²) in [6, 6.07) is 7.06. The third-order valence-electron chi connectivity index (χ3n) is 2.58. The molecule has 20 heavy (non-hydrogen) atoms. The fourth-order valence-electron chi connectivity index (χ4n) is 1.40. The highest BCUT2D eigenvalue weighted by molar-refractivity contribution is 5.95. The molecule has 0 aliphatic rings. The normalized spacial score (nSPS) is 10.3. The van der Waals surface area contributed by atoms with E-state index in [2.05, 4.69) is 11.9 Å². The molecule has 2 amide bonds. The van der Waals surface area contributed by atoms with Crippen LogP contribution in [0.3, 0.4) is 0 Å². The molecule has 4 heteroatoms. The van der Waals surface area contributed by atoms with Crippen LogP contribution in [-0.2, 0) is 4.79 Å². The summed E-state index contributed by atoms with van der Waals surface area (Å²) in [5.74, 6) is -0.207. The number of benzene rings is 1. The first kappa shape index (κ1) is 15.7. The van der Waals surface area contributed by atoms with E-state index in [0.717, 1.165) is 11.1 Å². The number of hydrogen-bond donors (Lipinski definition) is 1. The lowest BCUT2D eigenvalue weighted by atomic mass is 10.1. The summed E-state index contributed by atoms with van der Waals surface area (Å²) < 4.78 is 0. The third-order valence-corrected chi connectivity index (χ3v) is 2.58. The highest BCUT2D eigenvalue weighted by Gasteiger charge is 2.04. The van der Waals surface area contributed by atoms with Gasteiger partial charge in [-0.05, 0) is 30.7 Å². The van der Waals surface area contributed by atoms with Crippen molar-refractivity contribution in [3.63, 3.8) is 0 Å². The first-order valence-electron chi connectivity index (χ1n) is 6.32. The Morgan fingerprint density at radius 1 is 1.25 bits per heavy atom. The van der Waals surface area contributed by atoms with Crippen LogP contribution in [0.15, 0.2) is 42.5 Å². The largest absolute Gasteiger partial charge is 0.348 e. The Labute approximate surface area is 119 Å². The van der Waals surface area contributed by atoms with Gasteiger partial charge >= 0.3 is 0 Å². The summed E-state index contributed by atoms with van der Waals surface area (Å²) in [4.78, 5) is 24.7. The minimum absolute atomic E-state index is 0.0757. The van der Waals surface area contributed by atoms with Gasteiger partial charge in [0.1, 0.15) is 0 Å². The van der Waals surface area contributed by atoms with E-state index in [-0.39, 0.29) is 11.8 Å². The quantitative estimate of drug-likeness (QED) is 0.659. The molecule has 0 aliphatic carbocycles. The van der Waals surface area contributed by atoms with Gasteiger partial charge in [0, 0.05) is 32.3 Å². The maximum atomic E-state index is 11.8. The van der Waals surface area contributed by atoms with Crippen molar-refractivity contribution < 1.29 is 9.59 Å².